The molecular formula is C11H21N3S. The molecule has 0 aliphatic rings. The fourth-order valence-electron chi connectivity index (χ4n) is 1.53. The summed E-state index contributed by atoms with van der Waals surface area (Å²) in [7, 11) is 0. The summed E-state index contributed by atoms with van der Waals surface area (Å²) in [4.78, 5) is 6.94. The first-order valence-electron chi connectivity index (χ1n) is 5.66. The zero-order chi connectivity index (χ0) is 11.3. The quantitative estimate of drug-likeness (QED) is 0.810. The maximum atomic E-state index is 4.65. The summed E-state index contributed by atoms with van der Waals surface area (Å²) >= 11 is 1.74. The zero-order valence-electron chi connectivity index (χ0n) is 10.1. The van der Waals surface area contributed by atoms with E-state index in [0.29, 0.717) is 6.04 Å². The van der Waals surface area contributed by atoms with Gasteiger partial charge in [-0.1, -0.05) is 6.92 Å². The van der Waals surface area contributed by atoms with E-state index < -0.39 is 0 Å². The van der Waals surface area contributed by atoms with Gasteiger partial charge in [0.05, 0.1) is 5.69 Å². The lowest BCUT2D eigenvalue weighted by molar-refractivity contribution is 0.586. The van der Waals surface area contributed by atoms with E-state index >= 15 is 0 Å². The molecule has 0 aliphatic carbocycles. The molecule has 86 valence electrons. The first-order chi connectivity index (χ1) is 7.22. The van der Waals surface area contributed by atoms with E-state index in [1.165, 1.54) is 0 Å². The smallest absolute Gasteiger partial charge is 0.185 e. The standard InChI is InChI=1S/C11H21N3S/c1-5-12-9(4)10-8-15-11(13-10)14(6-2)7-3/h8-9,12H,5-7H2,1-4H3. The van der Waals surface area contributed by atoms with Gasteiger partial charge in [-0.15, -0.1) is 11.3 Å². The maximum absolute atomic E-state index is 4.65. The van der Waals surface area contributed by atoms with E-state index in [1.807, 2.05) is 0 Å². The molecular weight excluding hydrogens is 206 g/mol. The first kappa shape index (κ1) is 12.5. The van der Waals surface area contributed by atoms with E-state index in [0.717, 1.165) is 30.5 Å². The molecule has 1 rings (SSSR count). The van der Waals surface area contributed by atoms with Crippen molar-refractivity contribution in [2.45, 2.75) is 33.7 Å². The number of anilines is 1. The molecule has 0 spiro atoms. The number of rotatable bonds is 6. The second-order valence-corrected chi connectivity index (χ2v) is 4.34. The Bertz CT molecular complexity index is 281. The van der Waals surface area contributed by atoms with Crippen LogP contribution in [-0.2, 0) is 0 Å². The minimum Gasteiger partial charge on any atom is -0.349 e. The van der Waals surface area contributed by atoms with Crippen LogP contribution in [0.15, 0.2) is 5.38 Å². The molecule has 0 saturated carbocycles. The van der Waals surface area contributed by atoms with Gasteiger partial charge < -0.3 is 10.2 Å². The lowest BCUT2D eigenvalue weighted by Gasteiger charge is -2.16. The summed E-state index contributed by atoms with van der Waals surface area (Å²) in [5, 5.41) is 6.67. The summed E-state index contributed by atoms with van der Waals surface area (Å²) in [6, 6.07) is 0.357. The van der Waals surface area contributed by atoms with E-state index in [1.54, 1.807) is 11.3 Å². The number of nitrogens with one attached hydrogen (secondary N) is 1. The third-order valence-corrected chi connectivity index (χ3v) is 3.42. The summed E-state index contributed by atoms with van der Waals surface area (Å²) in [6.45, 7) is 11.6. The fraction of sp³-hybridized carbons (Fsp3) is 0.727. The molecule has 0 aliphatic heterocycles. The van der Waals surface area contributed by atoms with Crippen molar-refractivity contribution in [2.24, 2.45) is 0 Å². The van der Waals surface area contributed by atoms with Gasteiger partial charge >= 0.3 is 0 Å². The number of aromatic nitrogens is 1. The molecule has 1 aromatic heterocycles. The van der Waals surface area contributed by atoms with Gasteiger partial charge in [-0.2, -0.15) is 0 Å². The lowest BCUT2D eigenvalue weighted by atomic mass is 10.3. The number of hydrogen-bond donors (Lipinski definition) is 1. The van der Waals surface area contributed by atoms with Crippen LogP contribution in [0.4, 0.5) is 5.13 Å². The molecule has 0 bridgehead atoms. The summed E-state index contributed by atoms with van der Waals surface area (Å²) in [6.07, 6.45) is 0. The largest absolute Gasteiger partial charge is 0.349 e. The summed E-state index contributed by atoms with van der Waals surface area (Å²) in [5.41, 5.74) is 1.16. The third kappa shape index (κ3) is 3.18. The van der Waals surface area contributed by atoms with Gasteiger partial charge in [-0.25, -0.2) is 4.98 Å². The Morgan fingerprint density at radius 3 is 2.60 bits per heavy atom. The second-order valence-electron chi connectivity index (χ2n) is 3.51. The van der Waals surface area contributed by atoms with Crippen molar-refractivity contribution in [3.63, 3.8) is 0 Å². The highest BCUT2D eigenvalue weighted by Gasteiger charge is 2.11. The SMILES string of the molecule is CCNC(C)c1csc(N(CC)CC)n1. The molecule has 1 N–H and O–H groups in total. The zero-order valence-corrected chi connectivity index (χ0v) is 10.9. The highest BCUT2D eigenvalue weighted by atomic mass is 32.1. The van der Waals surface area contributed by atoms with Crippen molar-refractivity contribution in [1.82, 2.24) is 10.3 Å². The Morgan fingerprint density at radius 1 is 1.40 bits per heavy atom. The van der Waals surface area contributed by atoms with E-state index in [-0.39, 0.29) is 0 Å². The Morgan fingerprint density at radius 2 is 2.07 bits per heavy atom. The minimum absolute atomic E-state index is 0.357. The molecule has 0 aromatic carbocycles. The number of nitrogens with zero attached hydrogens (tertiary/aromatic N) is 2. The maximum Gasteiger partial charge on any atom is 0.185 e. The minimum atomic E-state index is 0.357. The topological polar surface area (TPSA) is 28.2 Å². The molecule has 3 nitrogen and oxygen atoms in total. The fourth-order valence-corrected chi connectivity index (χ4v) is 2.57. The number of thiazole rings is 1. The summed E-state index contributed by atoms with van der Waals surface area (Å²) in [5.74, 6) is 0. The van der Waals surface area contributed by atoms with Gasteiger partial charge in [0.15, 0.2) is 5.13 Å². The van der Waals surface area contributed by atoms with Gasteiger partial charge in [0, 0.05) is 24.5 Å². The molecule has 1 aromatic rings. The Kier molecular flexibility index (Phi) is 5.05. The molecule has 0 radical (unpaired) electrons. The first-order valence-corrected chi connectivity index (χ1v) is 6.54. The predicted octanol–water partition coefficient (Wildman–Crippen LogP) is 2.66. The average molecular weight is 227 g/mol. The van der Waals surface area contributed by atoms with E-state index in [9.17, 15) is 0 Å². The van der Waals surface area contributed by atoms with Crippen molar-refractivity contribution < 1.29 is 0 Å². The van der Waals surface area contributed by atoms with Gasteiger partial charge in [0.1, 0.15) is 0 Å². The van der Waals surface area contributed by atoms with Crippen LogP contribution in [0.25, 0.3) is 0 Å². The van der Waals surface area contributed by atoms with Crippen LogP contribution in [0, 0.1) is 0 Å². The molecule has 1 unspecified atom stereocenters. The van der Waals surface area contributed by atoms with Gasteiger partial charge in [-0.05, 0) is 27.3 Å². The van der Waals surface area contributed by atoms with E-state index in [2.05, 4.69) is 48.3 Å². The second kappa shape index (κ2) is 6.08. The molecule has 1 heterocycles. The summed E-state index contributed by atoms with van der Waals surface area (Å²) < 4.78 is 0. The van der Waals surface area contributed by atoms with Crippen molar-refractivity contribution in [3.05, 3.63) is 11.1 Å². The highest BCUT2D eigenvalue weighted by Crippen LogP contribution is 2.23. The third-order valence-electron chi connectivity index (χ3n) is 2.50. The van der Waals surface area contributed by atoms with E-state index in [4.69, 9.17) is 0 Å². The molecule has 1 atom stereocenters. The van der Waals surface area contributed by atoms with Crippen LogP contribution in [0.2, 0.25) is 0 Å². The van der Waals surface area contributed by atoms with Gasteiger partial charge in [0.25, 0.3) is 0 Å². The predicted molar refractivity (Wildman–Crippen MR) is 67.8 cm³/mol. The van der Waals surface area contributed by atoms with Crippen molar-refractivity contribution >= 4 is 16.5 Å². The van der Waals surface area contributed by atoms with Gasteiger partial charge in [0.2, 0.25) is 0 Å². The van der Waals surface area contributed by atoms with Crippen LogP contribution >= 0.6 is 11.3 Å². The van der Waals surface area contributed by atoms with Crippen LogP contribution in [0.3, 0.4) is 0 Å². The monoisotopic (exact) mass is 227 g/mol. The van der Waals surface area contributed by atoms with Crippen LogP contribution in [0.5, 0.6) is 0 Å². The Hall–Kier alpha value is -0.610. The Labute approximate surface area is 96.5 Å². The number of hydrogen-bond acceptors (Lipinski definition) is 4. The molecule has 0 amide bonds. The van der Waals surface area contributed by atoms with Crippen molar-refractivity contribution in [2.75, 3.05) is 24.5 Å². The van der Waals surface area contributed by atoms with Crippen molar-refractivity contribution in [1.29, 1.82) is 0 Å². The molecule has 15 heavy (non-hydrogen) atoms. The Balaban J connectivity index is 2.70. The molecule has 0 saturated heterocycles. The lowest BCUT2D eigenvalue weighted by Crippen LogP contribution is -2.22. The van der Waals surface area contributed by atoms with Crippen molar-refractivity contribution in [3.8, 4) is 0 Å². The van der Waals surface area contributed by atoms with Gasteiger partial charge in [-0.3, -0.25) is 0 Å². The van der Waals surface area contributed by atoms with Crippen LogP contribution < -0.4 is 10.2 Å². The molecule has 4 heteroatoms. The molecule has 0 fully saturated rings. The average Bonchev–Trinajstić information content (AvgIpc) is 2.69. The van der Waals surface area contributed by atoms with Crippen LogP contribution in [-0.4, -0.2) is 24.6 Å². The highest BCUT2D eigenvalue weighted by molar-refractivity contribution is 7.13. The van der Waals surface area contributed by atoms with Crippen LogP contribution in [0.1, 0.15) is 39.4 Å². The normalized spacial score (nSPS) is 12.8.